The van der Waals surface area contributed by atoms with Crippen LogP contribution in [0.5, 0.6) is 0 Å². The number of aromatic nitrogens is 1. The summed E-state index contributed by atoms with van der Waals surface area (Å²) in [5.74, 6) is -1.56. The number of halogens is 1. The van der Waals surface area contributed by atoms with Gasteiger partial charge in [0.05, 0.1) is 24.9 Å². The Hall–Kier alpha value is -2.44. The summed E-state index contributed by atoms with van der Waals surface area (Å²) in [5.41, 5.74) is 6.63. The standard InChI is InChI=1S/C21H27FN4O5S/c22-17-5-3-4-16(14-17)20-8-7-18(15-24-20)32(29,30)26(28)21(27)19(23)6-1-2-9-25-10-12-31-13-11-25/h3-5,7-8,14-15,19,28H,1-2,6,9-13,23H2/t19-/m1/s1. The number of hydroxylamine groups is 1. The molecule has 1 aliphatic heterocycles. The van der Waals surface area contributed by atoms with Gasteiger partial charge in [-0.2, -0.15) is 8.42 Å². The second kappa shape index (κ2) is 10.9. The van der Waals surface area contributed by atoms with E-state index in [-0.39, 0.29) is 15.8 Å². The molecule has 1 fully saturated rings. The van der Waals surface area contributed by atoms with E-state index in [1.165, 1.54) is 30.3 Å². The molecule has 3 N–H and O–H groups in total. The van der Waals surface area contributed by atoms with E-state index in [4.69, 9.17) is 10.5 Å². The van der Waals surface area contributed by atoms with E-state index in [2.05, 4.69) is 9.88 Å². The normalized spacial score (nSPS) is 16.0. The molecular formula is C21H27FN4O5S. The minimum atomic E-state index is -4.54. The lowest BCUT2D eigenvalue weighted by Gasteiger charge is -2.26. The van der Waals surface area contributed by atoms with Crippen LogP contribution in [0.3, 0.4) is 0 Å². The highest BCUT2D eigenvalue weighted by atomic mass is 32.2. The van der Waals surface area contributed by atoms with Gasteiger partial charge in [-0.15, -0.1) is 4.47 Å². The molecule has 0 saturated carbocycles. The molecule has 2 heterocycles. The summed E-state index contributed by atoms with van der Waals surface area (Å²) < 4.78 is 43.5. The molecule has 3 rings (SSSR count). The quantitative estimate of drug-likeness (QED) is 0.324. The number of pyridine rings is 1. The van der Waals surface area contributed by atoms with Gasteiger partial charge in [-0.05, 0) is 43.7 Å². The highest BCUT2D eigenvalue weighted by Gasteiger charge is 2.31. The van der Waals surface area contributed by atoms with Crippen LogP contribution in [0.1, 0.15) is 19.3 Å². The number of amides is 1. The van der Waals surface area contributed by atoms with E-state index in [1.807, 2.05) is 0 Å². The van der Waals surface area contributed by atoms with E-state index in [0.717, 1.165) is 32.3 Å². The van der Waals surface area contributed by atoms with Gasteiger partial charge >= 0.3 is 0 Å². The third kappa shape index (κ3) is 6.08. The molecule has 1 aliphatic rings. The van der Waals surface area contributed by atoms with Crippen LogP contribution < -0.4 is 5.73 Å². The predicted octanol–water partition coefficient (Wildman–Crippen LogP) is 1.62. The van der Waals surface area contributed by atoms with Gasteiger partial charge in [0, 0.05) is 24.8 Å². The molecule has 1 atom stereocenters. The van der Waals surface area contributed by atoms with E-state index >= 15 is 0 Å². The smallest absolute Gasteiger partial charge is 0.290 e. The molecule has 1 aromatic heterocycles. The Labute approximate surface area is 186 Å². The van der Waals surface area contributed by atoms with Crippen molar-refractivity contribution >= 4 is 15.9 Å². The number of benzene rings is 1. The first-order chi connectivity index (χ1) is 15.3. The maximum atomic E-state index is 13.4. The number of carbonyl (C=O) groups excluding carboxylic acids is 1. The first-order valence-corrected chi connectivity index (χ1v) is 11.8. The van der Waals surface area contributed by atoms with Crippen molar-refractivity contribution in [3.63, 3.8) is 0 Å². The molecule has 0 aliphatic carbocycles. The molecule has 1 saturated heterocycles. The van der Waals surface area contributed by atoms with Crippen molar-refractivity contribution in [2.75, 3.05) is 32.8 Å². The number of hydrogen-bond acceptors (Lipinski definition) is 8. The summed E-state index contributed by atoms with van der Waals surface area (Å²) in [6, 6.07) is 7.07. The number of unbranched alkanes of at least 4 members (excludes halogenated alkanes) is 1. The predicted molar refractivity (Wildman–Crippen MR) is 115 cm³/mol. The molecule has 1 amide bonds. The molecule has 32 heavy (non-hydrogen) atoms. The SMILES string of the molecule is N[C@H](CCCCN1CCOCC1)C(=O)N(O)S(=O)(=O)c1ccc(-c2cccc(F)c2)nc1. The van der Waals surface area contributed by atoms with Crippen molar-refractivity contribution < 1.29 is 27.5 Å². The van der Waals surface area contributed by atoms with Crippen molar-refractivity contribution in [3.8, 4) is 11.3 Å². The van der Waals surface area contributed by atoms with Crippen molar-refractivity contribution in [2.45, 2.75) is 30.2 Å². The third-order valence-electron chi connectivity index (χ3n) is 5.23. The number of sulfonamides is 1. The van der Waals surface area contributed by atoms with Crippen LogP contribution in [0.25, 0.3) is 11.3 Å². The van der Waals surface area contributed by atoms with Crippen LogP contribution in [0.4, 0.5) is 4.39 Å². The molecule has 0 radical (unpaired) electrons. The van der Waals surface area contributed by atoms with Crippen LogP contribution in [0.2, 0.25) is 0 Å². The zero-order chi connectivity index (χ0) is 23.1. The number of nitrogens with two attached hydrogens (primary N) is 1. The lowest BCUT2D eigenvalue weighted by molar-refractivity contribution is -0.147. The lowest BCUT2D eigenvalue weighted by atomic mass is 10.1. The maximum Gasteiger partial charge on any atom is 0.290 e. The molecule has 11 heteroatoms. The van der Waals surface area contributed by atoms with Crippen molar-refractivity contribution in [1.29, 1.82) is 0 Å². The summed E-state index contributed by atoms with van der Waals surface area (Å²) in [7, 11) is -4.54. The zero-order valence-corrected chi connectivity index (χ0v) is 18.4. The fourth-order valence-electron chi connectivity index (χ4n) is 3.36. The number of carbonyl (C=O) groups is 1. The van der Waals surface area contributed by atoms with Crippen molar-refractivity contribution in [1.82, 2.24) is 14.4 Å². The van der Waals surface area contributed by atoms with Gasteiger partial charge in [-0.1, -0.05) is 18.6 Å². The first-order valence-electron chi connectivity index (χ1n) is 10.3. The highest BCUT2D eigenvalue weighted by molar-refractivity contribution is 7.89. The number of morpholine rings is 1. The van der Waals surface area contributed by atoms with Gasteiger partial charge in [0.25, 0.3) is 15.9 Å². The Morgan fingerprint density at radius 1 is 1.25 bits per heavy atom. The Morgan fingerprint density at radius 2 is 2.00 bits per heavy atom. The third-order valence-corrected chi connectivity index (χ3v) is 6.70. The van der Waals surface area contributed by atoms with Crippen molar-refractivity contribution in [3.05, 3.63) is 48.4 Å². The fraction of sp³-hybridized carbons (Fsp3) is 0.429. The summed E-state index contributed by atoms with van der Waals surface area (Å²) in [5, 5.41) is 10.1. The fourth-order valence-corrected chi connectivity index (χ4v) is 4.36. The maximum absolute atomic E-state index is 13.4. The Morgan fingerprint density at radius 3 is 2.66 bits per heavy atom. The van der Waals surface area contributed by atoms with E-state index in [9.17, 15) is 22.8 Å². The first kappa shape index (κ1) is 24.2. The Balaban J connectivity index is 1.56. The largest absolute Gasteiger partial charge is 0.379 e. The molecule has 1 aromatic carbocycles. The molecule has 2 aromatic rings. The topological polar surface area (TPSA) is 126 Å². The Kier molecular flexibility index (Phi) is 8.26. The van der Waals surface area contributed by atoms with Crippen LogP contribution in [0, 0.1) is 5.82 Å². The van der Waals surface area contributed by atoms with E-state index < -0.39 is 27.8 Å². The summed E-state index contributed by atoms with van der Waals surface area (Å²) >= 11 is 0. The molecule has 174 valence electrons. The second-order valence-corrected chi connectivity index (χ2v) is 9.30. The summed E-state index contributed by atoms with van der Waals surface area (Å²) in [6.07, 6.45) is 2.65. The number of nitrogens with zero attached hydrogens (tertiary/aromatic N) is 3. The number of hydrogen-bond donors (Lipinski definition) is 2. The van der Waals surface area contributed by atoms with E-state index in [0.29, 0.717) is 30.9 Å². The number of ether oxygens (including phenoxy) is 1. The van der Waals surface area contributed by atoms with Gasteiger partial charge in [-0.3, -0.25) is 19.9 Å². The van der Waals surface area contributed by atoms with Gasteiger partial charge in [-0.25, -0.2) is 4.39 Å². The summed E-state index contributed by atoms with van der Waals surface area (Å²) in [4.78, 5) is 18.2. The van der Waals surface area contributed by atoms with Crippen LogP contribution in [-0.4, -0.2) is 72.8 Å². The number of rotatable bonds is 9. The average molecular weight is 467 g/mol. The van der Waals surface area contributed by atoms with E-state index in [1.54, 1.807) is 6.07 Å². The Bertz CT molecular complexity index is 1010. The second-order valence-electron chi connectivity index (χ2n) is 7.53. The molecule has 0 unspecified atom stereocenters. The molecular weight excluding hydrogens is 439 g/mol. The minimum absolute atomic E-state index is 0.243. The van der Waals surface area contributed by atoms with Crippen LogP contribution in [0.15, 0.2) is 47.5 Å². The average Bonchev–Trinajstić information content (AvgIpc) is 2.81. The lowest BCUT2D eigenvalue weighted by Crippen LogP contribution is -2.45. The van der Waals surface area contributed by atoms with Gasteiger partial charge in [0.1, 0.15) is 10.7 Å². The van der Waals surface area contributed by atoms with Crippen LogP contribution in [-0.2, 0) is 19.6 Å². The van der Waals surface area contributed by atoms with Crippen molar-refractivity contribution in [2.24, 2.45) is 5.73 Å². The monoisotopic (exact) mass is 466 g/mol. The van der Waals surface area contributed by atoms with Crippen LogP contribution >= 0.6 is 0 Å². The minimum Gasteiger partial charge on any atom is -0.379 e. The van der Waals surface area contributed by atoms with Gasteiger partial charge in [0.15, 0.2) is 0 Å². The highest BCUT2D eigenvalue weighted by Crippen LogP contribution is 2.21. The van der Waals surface area contributed by atoms with Gasteiger partial charge < -0.3 is 10.5 Å². The molecule has 0 bridgehead atoms. The summed E-state index contributed by atoms with van der Waals surface area (Å²) in [6.45, 7) is 3.97. The molecule has 0 spiro atoms. The zero-order valence-electron chi connectivity index (χ0n) is 17.6. The van der Waals surface area contributed by atoms with Gasteiger partial charge in [0.2, 0.25) is 0 Å². The molecule has 9 nitrogen and oxygen atoms in total.